The van der Waals surface area contributed by atoms with Gasteiger partial charge in [-0.05, 0) is 36.0 Å². The normalized spacial score (nSPS) is 25.6. The smallest absolute Gasteiger partial charge is 0.0602 e. The molecule has 1 N–H and O–H groups in total. The maximum atomic E-state index is 9.93. The van der Waals surface area contributed by atoms with Gasteiger partial charge in [0.25, 0.3) is 0 Å². The van der Waals surface area contributed by atoms with Crippen molar-refractivity contribution < 1.29 is 5.11 Å². The lowest BCUT2D eigenvalue weighted by molar-refractivity contribution is 0.0928. The van der Waals surface area contributed by atoms with Crippen LogP contribution in [0.25, 0.3) is 12.2 Å². The molecule has 0 spiro atoms. The zero-order chi connectivity index (χ0) is 13.8. The number of fused-ring (bicyclic) bond motifs is 1. The van der Waals surface area contributed by atoms with Gasteiger partial charge in [0.1, 0.15) is 0 Å². The van der Waals surface area contributed by atoms with Gasteiger partial charge in [-0.1, -0.05) is 67.5 Å². The van der Waals surface area contributed by atoms with Crippen LogP contribution in [0.4, 0.5) is 0 Å². The van der Waals surface area contributed by atoms with Crippen LogP contribution in [-0.4, -0.2) is 11.2 Å². The quantitative estimate of drug-likeness (QED) is 0.805. The molecule has 0 saturated heterocycles. The zero-order valence-electron chi connectivity index (χ0n) is 11.8. The van der Waals surface area contributed by atoms with E-state index in [9.17, 15) is 5.11 Å². The molecule has 1 heteroatoms. The van der Waals surface area contributed by atoms with Crippen LogP contribution < -0.4 is 0 Å². The fourth-order valence-electron chi connectivity index (χ4n) is 3.19. The largest absolute Gasteiger partial charge is 0.393 e. The summed E-state index contributed by atoms with van der Waals surface area (Å²) in [5, 5.41) is 9.93. The highest BCUT2D eigenvalue weighted by molar-refractivity contribution is 5.71. The molecular weight excluding hydrogens is 244 g/mol. The first-order valence-corrected chi connectivity index (χ1v) is 7.66. The molecule has 0 heterocycles. The zero-order valence-corrected chi connectivity index (χ0v) is 11.8. The minimum atomic E-state index is -0.141. The SMILES string of the molecule is O[C@H]1CCCCC1/C=C/C=C/c1cccc2c1C=CC2. The summed E-state index contributed by atoms with van der Waals surface area (Å²) in [5.41, 5.74) is 4.05. The molecule has 1 nitrogen and oxygen atoms in total. The monoisotopic (exact) mass is 266 g/mol. The molecule has 2 aliphatic rings. The average Bonchev–Trinajstić information content (AvgIpc) is 2.94. The van der Waals surface area contributed by atoms with E-state index in [0.717, 1.165) is 19.3 Å². The van der Waals surface area contributed by atoms with Gasteiger partial charge in [0.15, 0.2) is 0 Å². The summed E-state index contributed by atoms with van der Waals surface area (Å²) >= 11 is 0. The first-order chi connectivity index (χ1) is 9.84. The van der Waals surface area contributed by atoms with E-state index >= 15 is 0 Å². The lowest BCUT2D eigenvalue weighted by atomic mass is 9.86. The van der Waals surface area contributed by atoms with Crippen molar-refractivity contribution in [2.75, 3.05) is 0 Å². The van der Waals surface area contributed by atoms with Crippen LogP contribution in [-0.2, 0) is 6.42 Å². The van der Waals surface area contributed by atoms with E-state index in [1.165, 1.54) is 29.5 Å². The number of hydrogen-bond donors (Lipinski definition) is 1. The van der Waals surface area contributed by atoms with E-state index in [1.54, 1.807) is 0 Å². The summed E-state index contributed by atoms with van der Waals surface area (Å²) in [6.45, 7) is 0. The van der Waals surface area contributed by atoms with Gasteiger partial charge >= 0.3 is 0 Å². The number of allylic oxidation sites excluding steroid dienone is 3. The third-order valence-corrected chi connectivity index (χ3v) is 4.38. The van der Waals surface area contributed by atoms with Crippen molar-refractivity contribution in [2.24, 2.45) is 5.92 Å². The summed E-state index contributed by atoms with van der Waals surface area (Å²) in [6.07, 6.45) is 18.4. The van der Waals surface area contributed by atoms with Gasteiger partial charge in [-0.25, -0.2) is 0 Å². The van der Waals surface area contributed by atoms with Crippen LogP contribution in [0.15, 0.2) is 42.5 Å². The minimum absolute atomic E-state index is 0.141. The Labute approximate surface area is 121 Å². The second-order valence-electron chi connectivity index (χ2n) is 5.79. The maximum Gasteiger partial charge on any atom is 0.0602 e. The summed E-state index contributed by atoms with van der Waals surface area (Å²) in [6, 6.07) is 6.48. The number of benzene rings is 1. The molecule has 0 radical (unpaired) electrons. The third-order valence-electron chi connectivity index (χ3n) is 4.38. The Kier molecular flexibility index (Phi) is 4.17. The Hall–Kier alpha value is -1.60. The molecule has 1 aromatic rings. The first kappa shape index (κ1) is 13.4. The van der Waals surface area contributed by atoms with Gasteiger partial charge in [-0.15, -0.1) is 0 Å². The molecule has 0 bridgehead atoms. The van der Waals surface area contributed by atoms with Crippen LogP contribution in [0.2, 0.25) is 0 Å². The van der Waals surface area contributed by atoms with Crippen molar-refractivity contribution in [3.05, 3.63) is 59.2 Å². The van der Waals surface area contributed by atoms with E-state index in [1.807, 2.05) is 0 Å². The lowest BCUT2D eigenvalue weighted by Crippen LogP contribution is -2.22. The molecule has 1 unspecified atom stereocenters. The highest BCUT2D eigenvalue weighted by Crippen LogP contribution is 2.26. The van der Waals surface area contributed by atoms with E-state index in [4.69, 9.17) is 0 Å². The fraction of sp³-hybridized carbons (Fsp3) is 0.368. The van der Waals surface area contributed by atoms with Crippen LogP contribution in [0.5, 0.6) is 0 Å². The van der Waals surface area contributed by atoms with E-state index in [-0.39, 0.29) is 6.10 Å². The van der Waals surface area contributed by atoms with Crippen LogP contribution in [0.1, 0.15) is 42.4 Å². The molecule has 3 rings (SSSR count). The topological polar surface area (TPSA) is 20.2 Å². The Morgan fingerprint density at radius 1 is 1.10 bits per heavy atom. The summed E-state index contributed by atoms with van der Waals surface area (Å²) in [7, 11) is 0. The molecule has 2 atom stereocenters. The molecule has 20 heavy (non-hydrogen) atoms. The first-order valence-electron chi connectivity index (χ1n) is 7.66. The summed E-state index contributed by atoms with van der Waals surface area (Å²) in [5.74, 6) is 0.342. The Morgan fingerprint density at radius 3 is 2.90 bits per heavy atom. The van der Waals surface area contributed by atoms with Gasteiger partial charge < -0.3 is 5.11 Å². The van der Waals surface area contributed by atoms with Gasteiger partial charge in [-0.3, -0.25) is 0 Å². The predicted molar refractivity (Wildman–Crippen MR) is 85.3 cm³/mol. The van der Waals surface area contributed by atoms with Crippen molar-refractivity contribution in [3.63, 3.8) is 0 Å². The Balaban J connectivity index is 1.66. The number of hydrogen-bond acceptors (Lipinski definition) is 1. The number of aliphatic hydroxyl groups is 1. The van der Waals surface area contributed by atoms with Crippen molar-refractivity contribution in [1.82, 2.24) is 0 Å². The third kappa shape index (κ3) is 2.94. The molecule has 2 aliphatic carbocycles. The van der Waals surface area contributed by atoms with E-state index in [2.05, 4.69) is 54.7 Å². The Morgan fingerprint density at radius 2 is 2.00 bits per heavy atom. The van der Waals surface area contributed by atoms with E-state index in [0.29, 0.717) is 5.92 Å². The van der Waals surface area contributed by atoms with E-state index < -0.39 is 0 Å². The number of aliphatic hydroxyl groups excluding tert-OH is 1. The Bertz CT molecular complexity index is 551. The molecule has 1 fully saturated rings. The number of rotatable bonds is 3. The summed E-state index contributed by atoms with van der Waals surface area (Å²) in [4.78, 5) is 0. The van der Waals surface area contributed by atoms with Crippen molar-refractivity contribution in [3.8, 4) is 0 Å². The van der Waals surface area contributed by atoms with Gasteiger partial charge in [0.05, 0.1) is 6.10 Å². The maximum absolute atomic E-state index is 9.93. The van der Waals surface area contributed by atoms with Gasteiger partial charge in [0, 0.05) is 5.92 Å². The van der Waals surface area contributed by atoms with Gasteiger partial charge in [0.2, 0.25) is 0 Å². The molecular formula is C19H22O. The molecule has 0 aromatic heterocycles. The summed E-state index contributed by atoms with van der Waals surface area (Å²) < 4.78 is 0. The second-order valence-corrected chi connectivity index (χ2v) is 5.79. The standard InChI is InChI=1S/C19H22O/c20-19-14-4-3-9-17(19)8-2-1-7-15-10-5-11-16-12-6-13-18(15)16/h1-2,5-8,10-11,13,17,19-20H,3-4,9,12,14H2/b7-1+,8-2+/t17?,19-/m0/s1. The van der Waals surface area contributed by atoms with Crippen molar-refractivity contribution in [1.29, 1.82) is 0 Å². The molecule has 0 aliphatic heterocycles. The fourth-order valence-corrected chi connectivity index (χ4v) is 3.19. The second kappa shape index (κ2) is 6.23. The van der Waals surface area contributed by atoms with Crippen molar-refractivity contribution >= 4 is 12.2 Å². The average molecular weight is 266 g/mol. The molecule has 104 valence electrons. The predicted octanol–water partition coefficient (Wildman–Crippen LogP) is 4.38. The molecule has 1 aromatic carbocycles. The van der Waals surface area contributed by atoms with Crippen LogP contribution in [0, 0.1) is 5.92 Å². The highest BCUT2D eigenvalue weighted by Gasteiger charge is 2.19. The molecule has 0 amide bonds. The van der Waals surface area contributed by atoms with Crippen LogP contribution in [0.3, 0.4) is 0 Å². The lowest BCUT2D eigenvalue weighted by Gasteiger charge is -2.24. The van der Waals surface area contributed by atoms with Gasteiger partial charge in [-0.2, -0.15) is 0 Å². The molecule has 1 saturated carbocycles. The minimum Gasteiger partial charge on any atom is -0.393 e. The van der Waals surface area contributed by atoms with Crippen LogP contribution >= 0.6 is 0 Å². The van der Waals surface area contributed by atoms with Crippen molar-refractivity contribution in [2.45, 2.75) is 38.2 Å². The highest BCUT2D eigenvalue weighted by atomic mass is 16.3.